The standard InChI is InChI=1S/C24H27N3O4S/c1-3-4-7-12-27-23(29)19-9-6-5-8-18(19)21(25-27)24(30)31-16(2)22(28)26-13-10-20-17(15-26)11-14-32-20/h5-6,8-9,11,14,16H,3-4,7,10,12-13,15H2,1-2H3. The largest absolute Gasteiger partial charge is 0.448 e. The lowest BCUT2D eigenvalue weighted by molar-refractivity contribution is -0.140. The molecule has 32 heavy (non-hydrogen) atoms. The zero-order valence-electron chi connectivity index (χ0n) is 18.4. The molecule has 3 heterocycles. The van der Waals surface area contributed by atoms with Crippen LogP contribution in [0.4, 0.5) is 0 Å². The first-order chi connectivity index (χ1) is 15.5. The van der Waals surface area contributed by atoms with Crippen LogP contribution in [-0.2, 0) is 29.0 Å². The third-order valence-electron chi connectivity index (χ3n) is 5.79. The van der Waals surface area contributed by atoms with Crippen LogP contribution in [0.15, 0.2) is 40.5 Å². The highest BCUT2D eigenvalue weighted by Crippen LogP contribution is 2.25. The summed E-state index contributed by atoms with van der Waals surface area (Å²) >= 11 is 1.71. The van der Waals surface area contributed by atoms with Gasteiger partial charge in [-0.25, -0.2) is 9.48 Å². The number of aromatic nitrogens is 2. The number of thiophene rings is 1. The third-order valence-corrected chi connectivity index (χ3v) is 6.81. The molecule has 1 amide bonds. The molecular weight excluding hydrogens is 426 g/mol. The van der Waals surface area contributed by atoms with Crippen molar-refractivity contribution in [3.63, 3.8) is 0 Å². The van der Waals surface area contributed by atoms with Gasteiger partial charge in [0.2, 0.25) is 0 Å². The first kappa shape index (κ1) is 22.2. The van der Waals surface area contributed by atoms with Crippen molar-refractivity contribution in [1.82, 2.24) is 14.7 Å². The third kappa shape index (κ3) is 4.46. The summed E-state index contributed by atoms with van der Waals surface area (Å²) < 4.78 is 6.88. The molecule has 3 aromatic rings. The second-order valence-electron chi connectivity index (χ2n) is 8.06. The molecule has 1 atom stereocenters. The average molecular weight is 454 g/mol. The van der Waals surface area contributed by atoms with Gasteiger partial charge in [-0.1, -0.05) is 38.0 Å². The minimum absolute atomic E-state index is 0.0649. The van der Waals surface area contributed by atoms with E-state index in [1.165, 1.54) is 9.56 Å². The normalized spacial score (nSPS) is 14.2. The topological polar surface area (TPSA) is 81.5 Å². The number of esters is 1. The van der Waals surface area contributed by atoms with E-state index in [2.05, 4.69) is 12.0 Å². The number of aryl methyl sites for hydroxylation is 1. The lowest BCUT2D eigenvalue weighted by Crippen LogP contribution is -2.42. The predicted octanol–water partition coefficient (Wildman–Crippen LogP) is 3.78. The van der Waals surface area contributed by atoms with Gasteiger partial charge in [0.25, 0.3) is 11.5 Å². The van der Waals surface area contributed by atoms with Crippen LogP contribution in [0.5, 0.6) is 0 Å². The zero-order valence-corrected chi connectivity index (χ0v) is 19.2. The zero-order chi connectivity index (χ0) is 22.7. The number of hydrogen-bond acceptors (Lipinski definition) is 6. The van der Waals surface area contributed by atoms with Gasteiger partial charge in [-0.3, -0.25) is 9.59 Å². The molecule has 0 N–H and O–H groups in total. The second kappa shape index (κ2) is 9.65. The summed E-state index contributed by atoms with van der Waals surface area (Å²) in [6.45, 7) is 5.24. The van der Waals surface area contributed by atoms with Crippen LogP contribution in [0.25, 0.3) is 10.8 Å². The second-order valence-corrected chi connectivity index (χ2v) is 9.06. The molecule has 8 heteroatoms. The van der Waals surface area contributed by atoms with Crippen molar-refractivity contribution in [3.05, 3.63) is 62.2 Å². The summed E-state index contributed by atoms with van der Waals surface area (Å²) in [5.74, 6) is -0.921. The molecule has 1 aliphatic rings. The number of fused-ring (bicyclic) bond motifs is 2. The van der Waals surface area contributed by atoms with E-state index in [1.807, 2.05) is 11.4 Å². The molecule has 0 radical (unpaired) electrons. The highest BCUT2D eigenvalue weighted by Gasteiger charge is 2.29. The minimum atomic E-state index is -0.941. The maximum absolute atomic E-state index is 13.0. The highest BCUT2D eigenvalue weighted by atomic mass is 32.1. The Morgan fingerprint density at radius 3 is 2.75 bits per heavy atom. The monoisotopic (exact) mass is 453 g/mol. The fourth-order valence-corrected chi connectivity index (χ4v) is 4.90. The Morgan fingerprint density at radius 2 is 1.97 bits per heavy atom. The molecule has 0 fully saturated rings. The molecule has 0 saturated heterocycles. The number of nitrogens with zero attached hydrogens (tertiary/aromatic N) is 3. The summed E-state index contributed by atoms with van der Waals surface area (Å²) in [6.07, 6.45) is 2.65. The van der Waals surface area contributed by atoms with E-state index in [-0.39, 0.29) is 17.2 Å². The summed E-state index contributed by atoms with van der Waals surface area (Å²) in [6, 6.07) is 8.92. The molecule has 1 unspecified atom stereocenters. The lowest BCUT2D eigenvalue weighted by Gasteiger charge is -2.29. The maximum atomic E-state index is 13.0. The van der Waals surface area contributed by atoms with E-state index >= 15 is 0 Å². The fraction of sp³-hybridized carbons (Fsp3) is 0.417. The van der Waals surface area contributed by atoms with Crippen LogP contribution < -0.4 is 5.56 Å². The molecule has 4 rings (SSSR count). The molecule has 0 bridgehead atoms. The lowest BCUT2D eigenvalue weighted by atomic mass is 10.1. The first-order valence-corrected chi connectivity index (χ1v) is 11.9. The molecule has 1 aliphatic heterocycles. The molecule has 2 aromatic heterocycles. The van der Waals surface area contributed by atoms with Crippen molar-refractivity contribution < 1.29 is 14.3 Å². The summed E-state index contributed by atoms with van der Waals surface area (Å²) in [5.41, 5.74) is 0.993. The van der Waals surface area contributed by atoms with Crippen molar-refractivity contribution in [1.29, 1.82) is 0 Å². The van der Waals surface area contributed by atoms with Gasteiger partial charge in [0.05, 0.1) is 5.39 Å². The number of carbonyl (C=O) groups is 2. The Morgan fingerprint density at radius 1 is 1.19 bits per heavy atom. The quantitative estimate of drug-likeness (QED) is 0.402. The van der Waals surface area contributed by atoms with Crippen LogP contribution in [0, 0.1) is 0 Å². The summed E-state index contributed by atoms with van der Waals surface area (Å²) in [4.78, 5) is 41.8. The smallest absolute Gasteiger partial charge is 0.360 e. The van der Waals surface area contributed by atoms with E-state index in [0.29, 0.717) is 30.4 Å². The molecule has 0 saturated carbocycles. The van der Waals surface area contributed by atoms with E-state index in [1.54, 1.807) is 47.4 Å². The Balaban J connectivity index is 1.54. The van der Waals surface area contributed by atoms with E-state index in [0.717, 1.165) is 31.2 Å². The van der Waals surface area contributed by atoms with Crippen LogP contribution >= 0.6 is 11.3 Å². The number of carbonyl (C=O) groups excluding carboxylic acids is 2. The fourth-order valence-electron chi connectivity index (χ4n) is 4.01. The van der Waals surface area contributed by atoms with Gasteiger partial charge in [-0.15, -0.1) is 11.3 Å². The SMILES string of the molecule is CCCCCn1nc(C(=O)OC(C)C(=O)N2CCc3sccc3C2)c2ccccc2c1=O. The number of benzene rings is 1. The van der Waals surface area contributed by atoms with Gasteiger partial charge in [0.15, 0.2) is 11.8 Å². The van der Waals surface area contributed by atoms with E-state index < -0.39 is 12.1 Å². The number of unbranched alkanes of at least 4 members (excludes halogenated alkanes) is 2. The highest BCUT2D eigenvalue weighted by molar-refractivity contribution is 7.10. The van der Waals surface area contributed by atoms with E-state index in [9.17, 15) is 14.4 Å². The summed E-state index contributed by atoms with van der Waals surface area (Å²) in [7, 11) is 0. The molecule has 0 spiro atoms. The maximum Gasteiger partial charge on any atom is 0.360 e. The number of ether oxygens (including phenoxy) is 1. The summed E-state index contributed by atoms with van der Waals surface area (Å²) in [5, 5.41) is 7.22. The van der Waals surface area contributed by atoms with Crippen LogP contribution in [-0.4, -0.2) is 39.2 Å². The van der Waals surface area contributed by atoms with Crippen molar-refractivity contribution in [3.8, 4) is 0 Å². The number of hydrogen-bond donors (Lipinski definition) is 0. The molecular formula is C24H27N3O4S. The van der Waals surface area contributed by atoms with Crippen LogP contribution in [0.2, 0.25) is 0 Å². The van der Waals surface area contributed by atoms with Crippen molar-refractivity contribution >= 4 is 34.0 Å². The molecule has 168 valence electrons. The van der Waals surface area contributed by atoms with Gasteiger partial charge >= 0.3 is 5.97 Å². The Hall–Kier alpha value is -3.00. The predicted molar refractivity (Wildman–Crippen MR) is 124 cm³/mol. The van der Waals surface area contributed by atoms with Gasteiger partial charge in [-0.05, 0) is 42.8 Å². The average Bonchev–Trinajstić information content (AvgIpc) is 3.28. The van der Waals surface area contributed by atoms with Crippen LogP contribution in [0.3, 0.4) is 0 Å². The minimum Gasteiger partial charge on any atom is -0.448 e. The molecule has 0 aliphatic carbocycles. The Bertz CT molecular complexity index is 1200. The van der Waals surface area contributed by atoms with Crippen LogP contribution in [0.1, 0.15) is 54.0 Å². The molecule has 1 aromatic carbocycles. The van der Waals surface area contributed by atoms with Gasteiger partial charge in [0.1, 0.15) is 0 Å². The van der Waals surface area contributed by atoms with Crippen molar-refractivity contribution in [2.75, 3.05) is 6.54 Å². The van der Waals surface area contributed by atoms with Gasteiger partial charge in [-0.2, -0.15) is 5.10 Å². The van der Waals surface area contributed by atoms with Gasteiger partial charge in [0, 0.05) is 29.9 Å². The van der Waals surface area contributed by atoms with Gasteiger partial charge < -0.3 is 9.64 Å². The van der Waals surface area contributed by atoms with Crippen molar-refractivity contribution in [2.45, 2.75) is 58.7 Å². The van der Waals surface area contributed by atoms with Crippen molar-refractivity contribution in [2.24, 2.45) is 0 Å². The first-order valence-electron chi connectivity index (χ1n) is 11.0. The Labute approximate surface area is 190 Å². The number of rotatable bonds is 7. The molecule has 7 nitrogen and oxygen atoms in total. The number of amides is 1. The van der Waals surface area contributed by atoms with E-state index in [4.69, 9.17) is 4.74 Å². The Kier molecular flexibility index (Phi) is 6.69.